The van der Waals surface area contributed by atoms with Crippen molar-refractivity contribution in [2.75, 3.05) is 20.8 Å². The van der Waals surface area contributed by atoms with Gasteiger partial charge < -0.3 is 14.8 Å². The zero-order valence-electron chi connectivity index (χ0n) is 13.3. The molecule has 0 saturated heterocycles. The minimum Gasteiger partial charge on any atom is -0.493 e. The van der Waals surface area contributed by atoms with E-state index >= 15 is 0 Å². The summed E-state index contributed by atoms with van der Waals surface area (Å²) < 4.78 is 10.8. The van der Waals surface area contributed by atoms with Crippen LogP contribution in [-0.4, -0.2) is 20.8 Å². The number of benzene rings is 1. The molecule has 1 N–H and O–H groups in total. The van der Waals surface area contributed by atoms with Crippen molar-refractivity contribution >= 4 is 11.3 Å². The van der Waals surface area contributed by atoms with Crippen LogP contribution in [-0.2, 0) is 0 Å². The first-order valence-corrected chi connectivity index (χ1v) is 8.00. The van der Waals surface area contributed by atoms with E-state index in [2.05, 4.69) is 43.6 Å². The molecule has 0 aliphatic heterocycles. The Balaban J connectivity index is 2.53. The van der Waals surface area contributed by atoms with Crippen LogP contribution in [0.3, 0.4) is 0 Å². The van der Waals surface area contributed by atoms with E-state index in [1.807, 2.05) is 6.07 Å². The molecule has 0 aliphatic rings. The highest BCUT2D eigenvalue weighted by Crippen LogP contribution is 2.37. The zero-order valence-corrected chi connectivity index (χ0v) is 14.1. The molecule has 1 atom stereocenters. The molecule has 0 amide bonds. The third-order valence-electron chi connectivity index (χ3n) is 3.66. The molecule has 1 aromatic heterocycles. The molecule has 0 bridgehead atoms. The van der Waals surface area contributed by atoms with Gasteiger partial charge in [0.25, 0.3) is 0 Å². The van der Waals surface area contributed by atoms with Crippen molar-refractivity contribution in [2.45, 2.75) is 26.8 Å². The first-order valence-electron chi connectivity index (χ1n) is 7.12. The lowest BCUT2D eigenvalue weighted by molar-refractivity contribution is 0.354. The third kappa shape index (κ3) is 3.22. The van der Waals surface area contributed by atoms with E-state index in [1.165, 1.54) is 21.6 Å². The van der Waals surface area contributed by atoms with Crippen LogP contribution < -0.4 is 14.8 Å². The van der Waals surface area contributed by atoms with Gasteiger partial charge in [0, 0.05) is 4.88 Å². The minimum atomic E-state index is 0.190. The van der Waals surface area contributed by atoms with Crippen LogP contribution in [0.5, 0.6) is 11.5 Å². The van der Waals surface area contributed by atoms with Crippen molar-refractivity contribution in [3.8, 4) is 11.5 Å². The van der Waals surface area contributed by atoms with Gasteiger partial charge in [-0.25, -0.2) is 0 Å². The van der Waals surface area contributed by atoms with Gasteiger partial charge in [0.15, 0.2) is 11.5 Å². The highest BCUT2D eigenvalue weighted by Gasteiger charge is 2.20. The largest absolute Gasteiger partial charge is 0.493 e. The highest BCUT2D eigenvalue weighted by atomic mass is 32.1. The van der Waals surface area contributed by atoms with Gasteiger partial charge in [-0.05, 0) is 60.7 Å². The fourth-order valence-electron chi connectivity index (χ4n) is 2.54. The minimum absolute atomic E-state index is 0.190. The van der Waals surface area contributed by atoms with Crippen molar-refractivity contribution in [1.29, 1.82) is 0 Å². The quantitative estimate of drug-likeness (QED) is 0.872. The summed E-state index contributed by atoms with van der Waals surface area (Å²) in [6, 6.07) is 6.48. The van der Waals surface area contributed by atoms with Crippen LogP contribution in [0.1, 0.15) is 34.5 Å². The average molecular weight is 305 g/mol. The van der Waals surface area contributed by atoms with Crippen molar-refractivity contribution in [2.24, 2.45) is 0 Å². The standard InChI is InChI=1S/C17H23NO2S/c1-6-18-16(17-11(2)7-8-21-17)13-10-15(20-5)14(19-4)9-12(13)3/h7-10,16,18H,6H2,1-5H3. The first-order chi connectivity index (χ1) is 10.1. The maximum atomic E-state index is 5.46. The second-order valence-corrected chi connectivity index (χ2v) is 5.97. The molecule has 0 spiro atoms. The van der Waals surface area contributed by atoms with Gasteiger partial charge in [0.1, 0.15) is 0 Å². The molecule has 114 valence electrons. The van der Waals surface area contributed by atoms with Gasteiger partial charge in [-0.1, -0.05) is 6.92 Å². The Bertz CT molecular complexity index is 607. The lowest BCUT2D eigenvalue weighted by Gasteiger charge is -2.22. The van der Waals surface area contributed by atoms with E-state index in [-0.39, 0.29) is 6.04 Å². The van der Waals surface area contributed by atoms with Crippen LogP contribution >= 0.6 is 11.3 Å². The zero-order chi connectivity index (χ0) is 15.4. The van der Waals surface area contributed by atoms with Crippen LogP contribution in [0.15, 0.2) is 23.6 Å². The summed E-state index contributed by atoms with van der Waals surface area (Å²) in [6.45, 7) is 7.32. The Morgan fingerprint density at radius 2 is 1.76 bits per heavy atom. The lowest BCUT2D eigenvalue weighted by atomic mass is 9.97. The SMILES string of the molecule is CCNC(c1cc(OC)c(OC)cc1C)c1sccc1C. The Kier molecular flexibility index (Phi) is 5.26. The second-order valence-electron chi connectivity index (χ2n) is 5.02. The van der Waals surface area contributed by atoms with Gasteiger partial charge in [-0.15, -0.1) is 11.3 Å². The molecule has 0 fully saturated rings. The molecular weight excluding hydrogens is 282 g/mol. The summed E-state index contributed by atoms with van der Waals surface area (Å²) in [5, 5.41) is 5.73. The molecule has 4 heteroatoms. The average Bonchev–Trinajstić information content (AvgIpc) is 2.90. The summed E-state index contributed by atoms with van der Waals surface area (Å²) >= 11 is 1.79. The predicted octanol–water partition coefficient (Wildman–Crippen LogP) is 4.08. The summed E-state index contributed by atoms with van der Waals surface area (Å²) in [6.07, 6.45) is 0. The number of aryl methyl sites for hydroxylation is 2. The number of ether oxygens (including phenoxy) is 2. The fraction of sp³-hybridized carbons (Fsp3) is 0.412. The van der Waals surface area contributed by atoms with Crippen LogP contribution in [0.25, 0.3) is 0 Å². The molecule has 0 aliphatic carbocycles. The molecule has 3 nitrogen and oxygen atoms in total. The van der Waals surface area contributed by atoms with Crippen molar-refractivity contribution in [3.63, 3.8) is 0 Å². The van der Waals surface area contributed by atoms with E-state index in [1.54, 1.807) is 25.6 Å². The monoisotopic (exact) mass is 305 g/mol. The van der Waals surface area contributed by atoms with Crippen LogP contribution in [0, 0.1) is 13.8 Å². The van der Waals surface area contributed by atoms with E-state index in [9.17, 15) is 0 Å². The second kappa shape index (κ2) is 6.96. The number of rotatable bonds is 6. The third-order valence-corrected chi connectivity index (χ3v) is 4.74. The Morgan fingerprint density at radius 3 is 2.29 bits per heavy atom. The number of hydrogen-bond acceptors (Lipinski definition) is 4. The highest BCUT2D eigenvalue weighted by molar-refractivity contribution is 7.10. The maximum Gasteiger partial charge on any atom is 0.161 e. The summed E-state index contributed by atoms with van der Waals surface area (Å²) in [4.78, 5) is 1.35. The summed E-state index contributed by atoms with van der Waals surface area (Å²) in [5.74, 6) is 1.55. The fourth-order valence-corrected chi connectivity index (χ4v) is 3.55. The number of methoxy groups -OCH3 is 2. The van der Waals surface area contributed by atoms with Crippen molar-refractivity contribution in [3.05, 3.63) is 45.1 Å². The molecule has 2 rings (SSSR count). The molecule has 1 aromatic carbocycles. The van der Waals surface area contributed by atoms with Gasteiger partial charge in [-0.2, -0.15) is 0 Å². The van der Waals surface area contributed by atoms with Crippen LogP contribution in [0.4, 0.5) is 0 Å². The predicted molar refractivity (Wildman–Crippen MR) is 88.9 cm³/mol. The van der Waals surface area contributed by atoms with Gasteiger partial charge in [0.05, 0.1) is 20.3 Å². The summed E-state index contributed by atoms with van der Waals surface area (Å²) in [5.41, 5.74) is 3.76. The number of hydrogen-bond donors (Lipinski definition) is 1. The molecule has 1 unspecified atom stereocenters. The van der Waals surface area contributed by atoms with Crippen LogP contribution in [0.2, 0.25) is 0 Å². The Morgan fingerprint density at radius 1 is 1.10 bits per heavy atom. The smallest absolute Gasteiger partial charge is 0.161 e. The van der Waals surface area contributed by atoms with E-state index in [0.29, 0.717) is 0 Å². The topological polar surface area (TPSA) is 30.5 Å². The van der Waals surface area contributed by atoms with Gasteiger partial charge >= 0.3 is 0 Å². The molecule has 0 radical (unpaired) electrons. The van der Waals surface area contributed by atoms with Gasteiger partial charge in [-0.3, -0.25) is 0 Å². The molecule has 0 saturated carbocycles. The number of thiophene rings is 1. The van der Waals surface area contributed by atoms with Gasteiger partial charge in [0.2, 0.25) is 0 Å². The van der Waals surface area contributed by atoms with Crippen molar-refractivity contribution < 1.29 is 9.47 Å². The molecule has 21 heavy (non-hydrogen) atoms. The molecule has 2 aromatic rings. The van der Waals surface area contributed by atoms with E-state index in [0.717, 1.165) is 18.0 Å². The Hall–Kier alpha value is -1.52. The van der Waals surface area contributed by atoms with Crippen molar-refractivity contribution in [1.82, 2.24) is 5.32 Å². The summed E-state index contributed by atoms with van der Waals surface area (Å²) in [7, 11) is 3.35. The van der Waals surface area contributed by atoms with E-state index < -0.39 is 0 Å². The molecular formula is C17H23NO2S. The Labute approximate surface area is 130 Å². The first kappa shape index (κ1) is 15.9. The lowest BCUT2D eigenvalue weighted by Crippen LogP contribution is -2.22. The maximum absolute atomic E-state index is 5.46. The normalized spacial score (nSPS) is 12.2. The molecule has 1 heterocycles. The number of nitrogens with one attached hydrogen (secondary N) is 1. The van der Waals surface area contributed by atoms with E-state index in [4.69, 9.17) is 9.47 Å².